The molecule has 13 rings (SSSR count). The molecule has 356 valence electrons. The molecule has 2 spiro atoms. The molecule has 0 bridgehead atoms. The van der Waals surface area contributed by atoms with Crippen LogP contribution in [0.1, 0.15) is 142 Å². The third-order valence-corrected chi connectivity index (χ3v) is 23.2. The van der Waals surface area contributed by atoms with Crippen LogP contribution in [-0.2, 0) is 44.6 Å². The summed E-state index contributed by atoms with van der Waals surface area (Å²) in [5.41, 5.74) is 3.00. The topological polar surface area (TPSA) is 164 Å². The highest BCUT2D eigenvalue weighted by molar-refractivity contribution is 5.43. The van der Waals surface area contributed by atoms with Crippen molar-refractivity contribution in [2.75, 3.05) is 13.2 Å². The average molecular weight is 897 g/mol. The number of ether oxygens (including phenoxy) is 4. The first-order valence-electron chi connectivity index (χ1n) is 26.0. The molecule has 65 heavy (non-hydrogen) atoms. The van der Waals surface area contributed by atoms with E-state index in [-0.39, 0.29) is 65.2 Å². The first-order valence-corrected chi connectivity index (χ1v) is 26.0. The number of hydrogen-bond acceptors (Lipinski definition) is 11. The Labute approximate surface area is 385 Å². The van der Waals surface area contributed by atoms with Gasteiger partial charge in [0.25, 0.3) is 0 Å². The smallest absolute Gasteiger partial charge is 0.174 e. The Kier molecular flexibility index (Phi) is 8.73. The summed E-state index contributed by atoms with van der Waals surface area (Å²) >= 11 is 0. The Morgan fingerprint density at radius 2 is 1.15 bits per heavy atom. The van der Waals surface area contributed by atoms with Crippen molar-refractivity contribution in [1.29, 1.82) is 0 Å². The molecule has 0 unspecified atom stereocenters. The predicted molar refractivity (Wildman–Crippen MR) is 240 cm³/mol. The Hall–Kier alpha value is -1.80. The highest BCUT2D eigenvalue weighted by Crippen LogP contribution is 2.72. The van der Waals surface area contributed by atoms with Crippen LogP contribution in [0.5, 0.6) is 0 Å². The number of nitrogens with zero attached hydrogens (tertiary/aromatic N) is 2. The normalized spacial score (nSPS) is 59.1. The maximum Gasteiger partial charge on any atom is 0.174 e. The van der Waals surface area contributed by atoms with Gasteiger partial charge in [0.2, 0.25) is 0 Å². The summed E-state index contributed by atoms with van der Waals surface area (Å²) in [4.78, 5) is 11.2. The molecule has 8 fully saturated rings. The standard InChI is InChI=1S/C54H76N2O9/c1-27-45-41(64-52(27)15-13-46(3,59)25-62-52)19-35-31-11-9-29-17-37-39(23-48(29,5)33(31)20-42(57)50(35,45)7)55-38-18-30-10-12-32-34(49(30,6)24-40(38)56-37)21-43(58)51(8)36(32)22-44-54(51,61)28(2)53(65-44)16-14-47(4,60)26-63-53/h19,22,27-34,41-45,57-61H,9-18,20-21,23-26H2,1-8H3/t27-,28+,29-,30-,31+,32+,33-,34-,41+,42-,43+,44-,45-,46-,47-,48-,49-,50+,51+,52+,53+,54+/m0/s1. The Bertz CT molecular complexity index is 2270. The molecule has 22 atom stereocenters. The number of hydrogen-bond donors (Lipinski definition) is 5. The molecule has 11 nitrogen and oxygen atoms in total. The minimum Gasteiger partial charge on any atom is -0.392 e. The quantitative estimate of drug-likeness (QED) is 0.185. The van der Waals surface area contributed by atoms with Gasteiger partial charge in [-0.3, -0.25) is 9.97 Å². The number of rotatable bonds is 0. The minimum absolute atomic E-state index is 0.0122. The summed E-state index contributed by atoms with van der Waals surface area (Å²) in [7, 11) is 0. The van der Waals surface area contributed by atoms with Gasteiger partial charge in [0.05, 0.1) is 65.5 Å². The third-order valence-electron chi connectivity index (χ3n) is 23.2. The lowest BCUT2D eigenvalue weighted by molar-refractivity contribution is -0.289. The van der Waals surface area contributed by atoms with Crippen molar-refractivity contribution in [3.63, 3.8) is 0 Å². The van der Waals surface area contributed by atoms with Gasteiger partial charge in [0.15, 0.2) is 11.6 Å². The lowest BCUT2D eigenvalue weighted by Crippen LogP contribution is -2.64. The fourth-order valence-electron chi connectivity index (χ4n) is 19.0. The Morgan fingerprint density at radius 1 is 0.615 bits per heavy atom. The van der Waals surface area contributed by atoms with Crippen molar-refractivity contribution < 1.29 is 44.5 Å². The molecule has 8 aliphatic carbocycles. The molecule has 11 heteroatoms. The average Bonchev–Trinajstić information content (AvgIpc) is 3.86. The second kappa shape index (κ2) is 13.1. The lowest BCUT2D eigenvalue weighted by Gasteiger charge is -2.61. The SMILES string of the molecule is C[C@@H]1[C@@]2(CC[C@](C)(O)CO2)O[C@H]2C=C3[C@@H]4CC[C@H]5Cc6nc7c(nc6C[C@]5(C)[C@H]4C[C@@H](O)[C@]3(C)[C@]21O)C[C@@H]1CC[C@H]2C3=C[C@H]4O[C@]5(CC[C@](C)(O)CO5)[C@@H](C)[C@@H]4[C@@]3(C)[C@@H](O)C[C@@H]2[C@@]1(C)C7. The number of aliphatic hydroxyl groups is 5. The van der Waals surface area contributed by atoms with Gasteiger partial charge in [-0.25, -0.2) is 0 Å². The van der Waals surface area contributed by atoms with Gasteiger partial charge in [-0.1, -0.05) is 64.8 Å². The van der Waals surface area contributed by atoms with E-state index in [9.17, 15) is 25.5 Å². The van der Waals surface area contributed by atoms with E-state index in [1.165, 1.54) is 28.2 Å². The molecule has 4 aliphatic heterocycles. The molecular weight excluding hydrogens is 821 g/mol. The van der Waals surface area contributed by atoms with E-state index in [2.05, 4.69) is 46.8 Å². The van der Waals surface area contributed by atoms with Crippen molar-refractivity contribution in [2.45, 2.75) is 198 Å². The summed E-state index contributed by atoms with van der Waals surface area (Å²) in [6, 6.07) is 0. The minimum atomic E-state index is -1.31. The van der Waals surface area contributed by atoms with Crippen LogP contribution in [0.2, 0.25) is 0 Å². The highest BCUT2D eigenvalue weighted by atomic mass is 16.7. The fraction of sp³-hybridized carbons (Fsp3) is 0.852. The number of fused-ring (bicyclic) bond motifs is 16. The van der Waals surface area contributed by atoms with E-state index >= 15 is 0 Å². The second-order valence-corrected chi connectivity index (χ2v) is 26.2. The van der Waals surface area contributed by atoms with Crippen molar-refractivity contribution in [3.8, 4) is 0 Å². The van der Waals surface area contributed by atoms with Gasteiger partial charge in [0.1, 0.15) is 11.7 Å². The highest BCUT2D eigenvalue weighted by Gasteiger charge is 2.77. The van der Waals surface area contributed by atoms with Gasteiger partial charge in [-0.15, -0.1) is 0 Å². The largest absolute Gasteiger partial charge is 0.392 e. The number of aliphatic hydroxyl groups excluding tert-OH is 2. The molecule has 0 aromatic carbocycles. The summed E-state index contributed by atoms with van der Waals surface area (Å²) in [6.45, 7) is 17.8. The molecule has 1 aromatic rings. The van der Waals surface area contributed by atoms with Gasteiger partial charge in [-0.05, 0) is 137 Å². The van der Waals surface area contributed by atoms with Gasteiger partial charge in [0, 0.05) is 41.4 Å². The lowest BCUT2D eigenvalue weighted by atomic mass is 9.44. The predicted octanol–water partition coefficient (Wildman–Crippen LogP) is 6.33. The molecule has 4 saturated carbocycles. The van der Waals surface area contributed by atoms with Crippen LogP contribution in [0, 0.1) is 74.9 Å². The van der Waals surface area contributed by atoms with Gasteiger partial charge >= 0.3 is 0 Å². The first kappa shape index (κ1) is 43.2. The van der Waals surface area contributed by atoms with E-state index in [0.717, 1.165) is 63.5 Å². The molecule has 5 N–H and O–H groups in total. The van der Waals surface area contributed by atoms with Crippen LogP contribution in [0.25, 0.3) is 0 Å². The molecule has 4 saturated heterocycles. The van der Waals surface area contributed by atoms with Gasteiger partial charge in [-0.2, -0.15) is 0 Å². The van der Waals surface area contributed by atoms with E-state index in [1.807, 2.05) is 13.8 Å². The zero-order chi connectivity index (χ0) is 45.4. The van der Waals surface area contributed by atoms with Crippen molar-refractivity contribution in [1.82, 2.24) is 9.97 Å². The van der Waals surface area contributed by atoms with Crippen LogP contribution in [0.4, 0.5) is 0 Å². The van der Waals surface area contributed by atoms with Crippen LogP contribution in [0.15, 0.2) is 23.3 Å². The van der Waals surface area contributed by atoms with E-state index in [1.54, 1.807) is 6.92 Å². The maximum atomic E-state index is 12.9. The van der Waals surface area contributed by atoms with Crippen LogP contribution < -0.4 is 0 Å². The van der Waals surface area contributed by atoms with Crippen LogP contribution in [-0.4, -0.2) is 102 Å². The Morgan fingerprint density at radius 3 is 1.71 bits per heavy atom. The maximum absolute atomic E-state index is 12.9. The van der Waals surface area contributed by atoms with Crippen molar-refractivity contribution >= 4 is 0 Å². The van der Waals surface area contributed by atoms with Crippen LogP contribution in [0.3, 0.4) is 0 Å². The second-order valence-electron chi connectivity index (χ2n) is 26.2. The zero-order valence-electron chi connectivity index (χ0n) is 40.2. The third kappa shape index (κ3) is 5.25. The summed E-state index contributed by atoms with van der Waals surface area (Å²) < 4.78 is 26.4. The zero-order valence-corrected chi connectivity index (χ0v) is 40.2. The van der Waals surface area contributed by atoms with Crippen molar-refractivity contribution in [3.05, 3.63) is 46.1 Å². The molecule has 12 aliphatic rings. The number of aromatic nitrogens is 2. The Balaban J connectivity index is 0.760. The van der Waals surface area contributed by atoms with E-state index in [4.69, 9.17) is 28.9 Å². The van der Waals surface area contributed by atoms with Crippen molar-refractivity contribution in [2.24, 2.45) is 74.9 Å². The molecule has 5 heterocycles. The van der Waals surface area contributed by atoms with Crippen LogP contribution >= 0.6 is 0 Å². The summed E-state index contributed by atoms with van der Waals surface area (Å²) in [5, 5.41) is 59.2. The monoisotopic (exact) mass is 897 g/mol. The molecular formula is C54H76N2O9. The van der Waals surface area contributed by atoms with E-state index in [0.29, 0.717) is 55.8 Å². The first-order chi connectivity index (χ1) is 30.5. The summed E-state index contributed by atoms with van der Waals surface area (Å²) in [6.07, 6.45) is 14.6. The van der Waals surface area contributed by atoms with E-state index < -0.39 is 52.1 Å². The molecule has 0 amide bonds. The molecule has 1 aromatic heterocycles. The fourth-order valence-corrected chi connectivity index (χ4v) is 19.0. The van der Waals surface area contributed by atoms with Gasteiger partial charge < -0.3 is 44.5 Å². The molecule has 0 radical (unpaired) electrons. The summed E-state index contributed by atoms with van der Waals surface area (Å²) in [5.74, 6) is 0.408.